The Kier molecular flexibility index (Phi) is 15.3. The molecule has 14 rings (SSSR count). The van der Waals surface area contributed by atoms with Gasteiger partial charge in [-0.3, -0.25) is 0 Å². The Balaban J connectivity index is 0.00000211. The highest BCUT2D eigenvalue weighted by molar-refractivity contribution is 6.10. The number of aromatic nitrogens is 1. The summed E-state index contributed by atoms with van der Waals surface area (Å²) in [4.78, 5) is 2.34. The van der Waals surface area contributed by atoms with Crippen LogP contribution in [0.5, 0.6) is 11.5 Å². The second-order valence-electron chi connectivity index (χ2n) is 21.2. The van der Waals surface area contributed by atoms with E-state index in [0.29, 0.717) is 26.4 Å². The molecule has 0 saturated carbocycles. The third kappa shape index (κ3) is 11.2. The molecule has 83 heavy (non-hydrogen) atoms. The molecule has 6 heteroatoms. The standard InChI is InChI=1S/C74H58N2O4.C3H6/c1-3-13-51(14-4-1)53-23-32-61(33-24-53)75(62-34-25-54(26-35-62)52-15-5-2-6-16-52)63-36-27-55(28-37-63)57-31-40-72-70(47-57)69-21-11-12-22-71(69)76(72)64-38-29-56(30-39-64)60-45-65(77-41-43-79-73-48-58-17-7-9-19-67(58)73)50-66(46-60)78-42-44-80-74-49-59-18-8-10-20-68(59)74;1-3-2/h1-40,45-47,50,73-74H,41-44,48-49H2;3H,1H2,2H3. The molecule has 12 aromatic rings. The van der Waals surface area contributed by atoms with Gasteiger partial charge in [-0.05, 0) is 153 Å². The van der Waals surface area contributed by atoms with E-state index >= 15 is 0 Å². The first kappa shape index (κ1) is 52.6. The average molecular weight is 1080 g/mol. The van der Waals surface area contributed by atoms with E-state index < -0.39 is 0 Å². The van der Waals surface area contributed by atoms with E-state index in [4.69, 9.17) is 18.9 Å². The van der Waals surface area contributed by atoms with Crippen LogP contribution in [0.3, 0.4) is 0 Å². The van der Waals surface area contributed by atoms with Gasteiger partial charge in [0.05, 0.1) is 36.5 Å². The summed E-state index contributed by atoms with van der Waals surface area (Å²) in [6.45, 7) is 7.10. The second-order valence-corrected chi connectivity index (χ2v) is 21.2. The molecule has 0 aliphatic heterocycles. The van der Waals surface area contributed by atoms with Crippen molar-refractivity contribution >= 4 is 38.9 Å². The Bertz CT molecular complexity index is 4010. The summed E-state index contributed by atoms with van der Waals surface area (Å²) in [7, 11) is 0. The van der Waals surface area contributed by atoms with Crippen molar-refractivity contribution in [3.05, 3.63) is 302 Å². The molecule has 0 spiro atoms. The molecule has 0 fully saturated rings. The molecule has 406 valence electrons. The van der Waals surface area contributed by atoms with Crippen molar-refractivity contribution in [3.63, 3.8) is 0 Å². The van der Waals surface area contributed by atoms with Crippen molar-refractivity contribution in [3.8, 4) is 61.7 Å². The van der Waals surface area contributed by atoms with Gasteiger partial charge in [0.25, 0.3) is 0 Å². The number of allylic oxidation sites excluding steroid dienone is 1. The maximum Gasteiger partial charge on any atom is 0.123 e. The predicted molar refractivity (Wildman–Crippen MR) is 342 cm³/mol. The lowest BCUT2D eigenvalue weighted by Crippen LogP contribution is -2.22. The molecular formula is C77H64N2O4. The van der Waals surface area contributed by atoms with Gasteiger partial charge >= 0.3 is 0 Å². The summed E-state index contributed by atoms with van der Waals surface area (Å²) >= 11 is 0. The van der Waals surface area contributed by atoms with Gasteiger partial charge < -0.3 is 28.4 Å². The number of nitrogens with zero attached hydrogens (tertiary/aromatic N) is 2. The monoisotopic (exact) mass is 1080 g/mol. The number of fused-ring (bicyclic) bond motifs is 5. The van der Waals surface area contributed by atoms with Gasteiger partial charge in [-0.2, -0.15) is 0 Å². The van der Waals surface area contributed by atoms with Crippen LogP contribution >= 0.6 is 0 Å². The van der Waals surface area contributed by atoms with Crippen LogP contribution in [0.2, 0.25) is 0 Å². The zero-order valence-electron chi connectivity index (χ0n) is 46.6. The smallest absolute Gasteiger partial charge is 0.123 e. The van der Waals surface area contributed by atoms with Crippen LogP contribution in [0.4, 0.5) is 17.1 Å². The van der Waals surface area contributed by atoms with Gasteiger partial charge in [0.1, 0.15) is 24.7 Å². The first-order valence-corrected chi connectivity index (χ1v) is 28.8. The lowest BCUT2D eigenvalue weighted by atomic mass is 9.85. The van der Waals surface area contributed by atoms with Gasteiger partial charge in [-0.1, -0.05) is 188 Å². The topological polar surface area (TPSA) is 45.1 Å². The SMILES string of the molecule is C=CC.c1ccc(-c2ccc(N(c3ccc(-c4ccccc4)cc3)c3ccc(-c4ccc5c(c4)c4ccccc4n5-c4ccc(-c5cc(OCCOC6Cc7ccccc76)cc(OCCOC6Cc7ccccc76)c5)cc4)cc3)cc2)cc1. The largest absolute Gasteiger partial charge is 0.491 e. The van der Waals surface area contributed by atoms with E-state index in [1.807, 2.05) is 13.0 Å². The van der Waals surface area contributed by atoms with Crippen molar-refractivity contribution in [2.24, 2.45) is 0 Å². The zero-order chi connectivity index (χ0) is 55.9. The molecule has 6 nitrogen and oxygen atoms in total. The molecule has 0 radical (unpaired) electrons. The quantitative estimate of drug-likeness (QED) is 0.0633. The summed E-state index contributed by atoms with van der Waals surface area (Å²) < 4.78 is 27.6. The molecule has 0 saturated heterocycles. The molecule has 11 aromatic carbocycles. The number of benzene rings is 11. The molecule has 1 heterocycles. The fraction of sp³-hybridized carbons (Fsp3) is 0.117. The number of para-hydroxylation sites is 1. The molecule has 2 aliphatic rings. The van der Waals surface area contributed by atoms with E-state index in [2.05, 4.69) is 277 Å². The Morgan fingerprint density at radius 3 is 1.29 bits per heavy atom. The van der Waals surface area contributed by atoms with E-state index in [0.717, 1.165) is 80.4 Å². The van der Waals surface area contributed by atoms with Crippen molar-refractivity contribution in [2.75, 3.05) is 31.3 Å². The number of hydrogen-bond acceptors (Lipinski definition) is 5. The third-order valence-electron chi connectivity index (χ3n) is 15.9. The molecule has 1 aromatic heterocycles. The van der Waals surface area contributed by atoms with Crippen LogP contribution in [-0.4, -0.2) is 31.0 Å². The lowest BCUT2D eigenvalue weighted by Gasteiger charge is -2.30. The van der Waals surface area contributed by atoms with Crippen LogP contribution in [0.1, 0.15) is 41.4 Å². The fourth-order valence-corrected chi connectivity index (χ4v) is 11.7. The number of rotatable bonds is 18. The maximum absolute atomic E-state index is 6.39. The average Bonchev–Trinajstić information content (AvgIpc) is 3.43. The van der Waals surface area contributed by atoms with Gasteiger partial charge in [-0.25, -0.2) is 0 Å². The highest BCUT2D eigenvalue weighted by Crippen LogP contribution is 2.41. The Hall–Kier alpha value is -9.72. The zero-order valence-corrected chi connectivity index (χ0v) is 46.6. The van der Waals surface area contributed by atoms with Gasteiger partial charge in [-0.15, -0.1) is 6.58 Å². The first-order valence-electron chi connectivity index (χ1n) is 28.8. The molecule has 0 bridgehead atoms. The number of hydrogen-bond donors (Lipinski definition) is 0. The summed E-state index contributed by atoms with van der Waals surface area (Å²) in [5.74, 6) is 1.47. The predicted octanol–water partition coefficient (Wildman–Crippen LogP) is 19.5. The van der Waals surface area contributed by atoms with Gasteiger partial charge in [0.2, 0.25) is 0 Å². The highest BCUT2D eigenvalue weighted by atomic mass is 16.5. The van der Waals surface area contributed by atoms with Crippen LogP contribution in [0, 0.1) is 0 Å². The van der Waals surface area contributed by atoms with E-state index in [1.54, 1.807) is 6.08 Å². The van der Waals surface area contributed by atoms with Crippen LogP contribution < -0.4 is 14.4 Å². The minimum atomic E-state index is 0.124. The van der Waals surface area contributed by atoms with Crippen LogP contribution in [0.25, 0.3) is 72.0 Å². The van der Waals surface area contributed by atoms with Crippen molar-refractivity contribution in [1.29, 1.82) is 0 Å². The molecule has 2 atom stereocenters. The normalized spacial score (nSPS) is 13.8. The fourth-order valence-electron chi connectivity index (χ4n) is 11.7. The Labute approximate surface area is 486 Å². The first-order chi connectivity index (χ1) is 41.0. The lowest BCUT2D eigenvalue weighted by molar-refractivity contribution is 0.0184. The van der Waals surface area contributed by atoms with Crippen molar-refractivity contribution in [1.82, 2.24) is 4.57 Å². The summed E-state index contributed by atoms with van der Waals surface area (Å²) in [6, 6.07) is 95.4. The summed E-state index contributed by atoms with van der Waals surface area (Å²) in [5.41, 5.74) is 21.1. The molecule has 0 amide bonds. The minimum absolute atomic E-state index is 0.124. The Morgan fingerprint density at radius 2 is 0.783 bits per heavy atom. The summed E-state index contributed by atoms with van der Waals surface area (Å²) in [5, 5.41) is 2.41. The molecule has 2 unspecified atom stereocenters. The maximum atomic E-state index is 6.39. The van der Waals surface area contributed by atoms with Crippen molar-refractivity contribution < 1.29 is 18.9 Å². The minimum Gasteiger partial charge on any atom is -0.491 e. The van der Waals surface area contributed by atoms with E-state index in [9.17, 15) is 0 Å². The molecule has 0 N–H and O–H groups in total. The third-order valence-corrected chi connectivity index (χ3v) is 15.9. The van der Waals surface area contributed by atoms with Crippen LogP contribution in [-0.2, 0) is 22.3 Å². The summed E-state index contributed by atoms with van der Waals surface area (Å²) in [6.07, 6.45) is 3.88. The van der Waals surface area contributed by atoms with Crippen LogP contribution in [0.15, 0.2) is 280 Å². The van der Waals surface area contributed by atoms with Gasteiger partial charge in [0, 0.05) is 52.4 Å². The van der Waals surface area contributed by atoms with E-state index in [-0.39, 0.29) is 12.2 Å². The molecule has 2 aliphatic carbocycles. The molecular weight excluding hydrogens is 1020 g/mol. The highest BCUT2D eigenvalue weighted by Gasteiger charge is 2.27. The Morgan fingerprint density at radius 1 is 0.386 bits per heavy atom. The van der Waals surface area contributed by atoms with Crippen molar-refractivity contribution in [2.45, 2.75) is 32.0 Å². The van der Waals surface area contributed by atoms with Gasteiger partial charge in [0.15, 0.2) is 0 Å². The number of ether oxygens (including phenoxy) is 4. The van der Waals surface area contributed by atoms with E-state index in [1.165, 1.54) is 55.3 Å². The second kappa shape index (κ2) is 24.2. The number of anilines is 3.